The number of H-pyrrole nitrogens is 1. The highest BCUT2D eigenvalue weighted by molar-refractivity contribution is 5.88. The number of nitro benzene ring substituents is 1. The molecule has 0 bridgehead atoms. The molecule has 0 aliphatic heterocycles. The van der Waals surface area contributed by atoms with Crippen LogP contribution >= 0.6 is 0 Å². The van der Waals surface area contributed by atoms with E-state index in [1.54, 1.807) is 12.1 Å². The van der Waals surface area contributed by atoms with Gasteiger partial charge in [-0.25, -0.2) is 0 Å². The normalized spacial score (nSPS) is 15.6. The number of hydrogen-bond donors (Lipinski definition) is 2. The molecular weight excluding hydrogens is 390 g/mol. The second-order valence-corrected chi connectivity index (χ2v) is 8.45. The van der Waals surface area contributed by atoms with Crippen LogP contribution in [0.15, 0.2) is 48.7 Å². The van der Waals surface area contributed by atoms with Crippen LogP contribution in [0.1, 0.15) is 68.1 Å². The van der Waals surface area contributed by atoms with E-state index < -0.39 is 0 Å². The van der Waals surface area contributed by atoms with Crippen molar-refractivity contribution in [3.05, 3.63) is 75.5 Å². The van der Waals surface area contributed by atoms with Gasteiger partial charge in [0.1, 0.15) is 0 Å². The zero-order valence-corrected chi connectivity index (χ0v) is 17.9. The number of rotatable bonds is 7. The van der Waals surface area contributed by atoms with Gasteiger partial charge >= 0.3 is 0 Å². The minimum Gasteiger partial charge on any atom is -0.361 e. The smallest absolute Gasteiger partial charge is 0.269 e. The number of hydrogen-bond acceptors (Lipinski definition) is 3. The van der Waals surface area contributed by atoms with Gasteiger partial charge in [-0.15, -0.1) is 0 Å². The van der Waals surface area contributed by atoms with Crippen molar-refractivity contribution in [1.29, 1.82) is 0 Å². The highest BCUT2D eigenvalue weighted by atomic mass is 16.6. The molecule has 1 atom stereocenters. The molecule has 6 nitrogen and oxygen atoms in total. The summed E-state index contributed by atoms with van der Waals surface area (Å²) >= 11 is 0. The third-order valence-electron chi connectivity index (χ3n) is 6.43. The first-order valence-corrected chi connectivity index (χ1v) is 11.2. The number of non-ortho nitro benzene ring substituents is 1. The van der Waals surface area contributed by atoms with Gasteiger partial charge in [-0.2, -0.15) is 0 Å². The molecule has 1 aliphatic carbocycles. The fourth-order valence-corrected chi connectivity index (χ4v) is 4.80. The minimum absolute atomic E-state index is 0.00408. The summed E-state index contributed by atoms with van der Waals surface area (Å²) in [7, 11) is 0. The average Bonchev–Trinajstić information content (AvgIpc) is 3.22. The van der Waals surface area contributed by atoms with Gasteiger partial charge in [0.25, 0.3) is 5.69 Å². The number of nitrogens with one attached hydrogen (secondary N) is 2. The summed E-state index contributed by atoms with van der Waals surface area (Å²) in [6.45, 7) is 2.12. The molecule has 3 aromatic rings. The topological polar surface area (TPSA) is 88.0 Å². The fraction of sp³-hybridized carbons (Fsp3) is 0.400. The van der Waals surface area contributed by atoms with E-state index in [0.717, 1.165) is 54.1 Å². The lowest BCUT2D eigenvalue weighted by atomic mass is 9.87. The first-order chi connectivity index (χ1) is 15.1. The number of amides is 1. The molecule has 0 spiro atoms. The number of para-hydroxylation sites is 1. The summed E-state index contributed by atoms with van der Waals surface area (Å²) in [4.78, 5) is 27.4. The van der Waals surface area contributed by atoms with E-state index >= 15 is 0 Å². The third kappa shape index (κ3) is 4.63. The Morgan fingerprint density at radius 1 is 1.19 bits per heavy atom. The Labute approximate surface area is 182 Å². The number of nitrogens with zero attached hydrogens (tertiary/aromatic N) is 1. The van der Waals surface area contributed by atoms with Crippen LogP contribution in [0, 0.1) is 10.1 Å². The highest BCUT2D eigenvalue weighted by Crippen LogP contribution is 2.36. The molecule has 1 fully saturated rings. The lowest BCUT2D eigenvalue weighted by molar-refractivity contribution is -0.384. The number of carbonyl (C=O) groups excluding carboxylic acids is 1. The minimum atomic E-state index is -0.382. The Hall–Kier alpha value is -3.15. The van der Waals surface area contributed by atoms with Crippen LogP contribution in [0.4, 0.5) is 5.69 Å². The number of aryl methyl sites for hydroxylation is 1. The van der Waals surface area contributed by atoms with E-state index in [-0.39, 0.29) is 34.9 Å². The summed E-state index contributed by atoms with van der Waals surface area (Å²) < 4.78 is 0. The largest absolute Gasteiger partial charge is 0.361 e. The summed E-state index contributed by atoms with van der Waals surface area (Å²) in [5.74, 6) is -0.256. The number of fused-ring (bicyclic) bond motifs is 1. The van der Waals surface area contributed by atoms with Crippen molar-refractivity contribution < 1.29 is 9.72 Å². The van der Waals surface area contributed by atoms with Gasteiger partial charge in [-0.1, -0.05) is 56.5 Å². The molecule has 0 radical (unpaired) electrons. The number of aromatic amines is 1. The lowest BCUT2D eigenvalue weighted by Crippen LogP contribution is -2.36. The van der Waals surface area contributed by atoms with Crippen LogP contribution in [0.3, 0.4) is 0 Å². The molecule has 0 saturated heterocycles. The molecule has 2 N–H and O–H groups in total. The van der Waals surface area contributed by atoms with Gasteiger partial charge in [0.05, 0.1) is 4.92 Å². The molecule has 1 amide bonds. The zero-order chi connectivity index (χ0) is 21.8. The van der Waals surface area contributed by atoms with Crippen molar-refractivity contribution in [2.45, 2.75) is 63.8 Å². The van der Waals surface area contributed by atoms with Gasteiger partial charge in [0.15, 0.2) is 0 Å². The SMILES string of the molecule is CCc1cccc2c([C@H](CC(=O)NC3CCCCC3)c3cccc([N+](=O)[O-])c3)c[nH]c12. The second kappa shape index (κ2) is 9.33. The van der Waals surface area contributed by atoms with E-state index in [0.29, 0.717) is 0 Å². The number of carbonyl (C=O) groups is 1. The van der Waals surface area contributed by atoms with E-state index in [2.05, 4.69) is 29.4 Å². The average molecular weight is 420 g/mol. The third-order valence-corrected chi connectivity index (χ3v) is 6.43. The summed E-state index contributed by atoms with van der Waals surface area (Å²) in [5, 5.41) is 15.6. The number of benzene rings is 2. The standard InChI is InChI=1S/C25H29N3O3/c1-2-17-8-7-13-21-23(16-26-25(17)21)22(18-9-6-12-20(14-18)28(30)31)15-24(29)27-19-10-4-3-5-11-19/h6-9,12-14,16,19,22,26H,2-5,10-11,15H2,1H3,(H,27,29)/t22-/m1/s1. The van der Waals surface area contributed by atoms with Crippen molar-refractivity contribution in [2.75, 3.05) is 0 Å². The molecule has 1 aliphatic rings. The number of aromatic nitrogens is 1. The Balaban J connectivity index is 1.70. The molecule has 1 aromatic heterocycles. The monoisotopic (exact) mass is 419 g/mol. The molecule has 1 saturated carbocycles. The predicted octanol–water partition coefficient (Wildman–Crippen LogP) is 5.61. The Morgan fingerprint density at radius 3 is 2.71 bits per heavy atom. The van der Waals surface area contributed by atoms with Crippen LogP contribution < -0.4 is 5.32 Å². The molecule has 2 aromatic carbocycles. The van der Waals surface area contributed by atoms with Gasteiger partial charge in [0.2, 0.25) is 5.91 Å². The predicted molar refractivity (Wildman–Crippen MR) is 122 cm³/mol. The van der Waals surface area contributed by atoms with Crippen LogP contribution in [-0.4, -0.2) is 21.9 Å². The molecular formula is C25H29N3O3. The van der Waals surface area contributed by atoms with Crippen molar-refractivity contribution >= 4 is 22.5 Å². The molecule has 162 valence electrons. The molecule has 31 heavy (non-hydrogen) atoms. The maximum absolute atomic E-state index is 13.0. The van der Waals surface area contributed by atoms with Crippen molar-refractivity contribution in [3.8, 4) is 0 Å². The number of nitro groups is 1. The van der Waals surface area contributed by atoms with Crippen LogP contribution in [0.2, 0.25) is 0 Å². The van der Waals surface area contributed by atoms with Crippen LogP contribution in [-0.2, 0) is 11.2 Å². The van der Waals surface area contributed by atoms with E-state index in [1.165, 1.54) is 18.1 Å². The molecule has 6 heteroatoms. The maximum Gasteiger partial charge on any atom is 0.269 e. The first kappa shape index (κ1) is 21.1. The Kier molecular flexibility index (Phi) is 6.35. The Morgan fingerprint density at radius 2 is 1.97 bits per heavy atom. The van der Waals surface area contributed by atoms with Crippen LogP contribution in [0.5, 0.6) is 0 Å². The van der Waals surface area contributed by atoms with Crippen molar-refractivity contribution in [3.63, 3.8) is 0 Å². The Bertz CT molecular complexity index is 1080. The van der Waals surface area contributed by atoms with Crippen molar-refractivity contribution in [1.82, 2.24) is 10.3 Å². The molecule has 1 heterocycles. The highest BCUT2D eigenvalue weighted by Gasteiger charge is 2.25. The summed E-state index contributed by atoms with van der Waals surface area (Å²) in [6, 6.07) is 13.1. The fourth-order valence-electron chi connectivity index (χ4n) is 4.80. The van der Waals surface area contributed by atoms with Crippen molar-refractivity contribution in [2.24, 2.45) is 0 Å². The zero-order valence-electron chi connectivity index (χ0n) is 17.9. The van der Waals surface area contributed by atoms with Gasteiger partial charge in [-0.3, -0.25) is 14.9 Å². The molecule has 4 rings (SSSR count). The van der Waals surface area contributed by atoms with Gasteiger partial charge in [-0.05, 0) is 36.0 Å². The maximum atomic E-state index is 13.0. The lowest BCUT2D eigenvalue weighted by Gasteiger charge is -2.24. The van der Waals surface area contributed by atoms with Gasteiger partial charge in [0, 0.05) is 47.6 Å². The first-order valence-electron chi connectivity index (χ1n) is 11.2. The summed E-state index contributed by atoms with van der Waals surface area (Å²) in [6.07, 6.45) is 8.73. The van der Waals surface area contributed by atoms with Gasteiger partial charge < -0.3 is 10.3 Å². The van der Waals surface area contributed by atoms with E-state index in [4.69, 9.17) is 0 Å². The van der Waals surface area contributed by atoms with E-state index in [1.807, 2.05) is 18.3 Å². The van der Waals surface area contributed by atoms with E-state index in [9.17, 15) is 14.9 Å². The molecule has 0 unspecified atom stereocenters. The quantitative estimate of drug-likeness (QED) is 0.385. The second-order valence-electron chi connectivity index (χ2n) is 8.45. The van der Waals surface area contributed by atoms with Crippen LogP contribution in [0.25, 0.3) is 10.9 Å². The summed E-state index contributed by atoms with van der Waals surface area (Å²) in [5.41, 5.74) is 4.13.